The van der Waals surface area contributed by atoms with Gasteiger partial charge in [-0.1, -0.05) is 6.07 Å². The lowest BCUT2D eigenvalue weighted by Gasteiger charge is -2.35. The van der Waals surface area contributed by atoms with Crippen LogP contribution in [-0.4, -0.2) is 52.8 Å². The second kappa shape index (κ2) is 7.03. The summed E-state index contributed by atoms with van der Waals surface area (Å²) in [5.74, 6) is -0.941. The molecule has 2 heterocycles. The molecular weight excluding hydrogens is 274 g/mol. The van der Waals surface area contributed by atoms with E-state index in [1.54, 1.807) is 18.5 Å². The Labute approximate surface area is 122 Å². The van der Waals surface area contributed by atoms with E-state index in [0.29, 0.717) is 13.2 Å². The molecule has 2 unspecified atom stereocenters. The summed E-state index contributed by atoms with van der Waals surface area (Å²) in [6.45, 7) is 2.93. The Hall–Kier alpha value is -2.15. The molecule has 1 saturated heterocycles. The molecule has 7 nitrogen and oxygen atoms in total. The minimum Gasteiger partial charge on any atom is -0.481 e. The highest BCUT2D eigenvalue weighted by Crippen LogP contribution is 2.14. The smallest absolute Gasteiger partial charge is 0.318 e. The number of nitrogens with zero attached hydrogens (tertiary/aromatic N) is 2. The Kier molecular flexibility index (Phi) is 5.10. The highest BCUT2D eigenvalue weighted by Gasteiger charge is 2.29. The van der Waals surface area contributed by atoms with E-state index in [2.05, 4.69) is 10.3 Å². The predicted molar refractivity (Wildman–Crippen MR) is 74.7 cm³/mol. The largest absolute Gasteiger partial charge is 0.481 e. The van der Waals surface area contributed by atoms with Gasteiger partial charge in [0.15, 0.2) is 0 Å². The maximum Gasteiger partial charge on any atom is 0.318 e. The zero-order valence-electron chi connectivity index (χ0n) is 11.9. The lowest BCUT2D eigenvalue weighted by Crippen LogP contribution is -2.53. The Morgan fingerprint density at radius 1 is 1.62 bits per heavy atom. The summed E-state index contributed by atoms with van der Waals surface area (Å²) in [5.41, 5.74) is 0.897. The molecule has 7 heteroatoms. The van der Waals surface area contributed by atoms with Crippen LogP contribution in [0.2, 0.25) is 0 Å². The van der Waals surface area contributed by atoms with Crippen LogP contribution in [-0.2, 0) is 9.53 Å². The Bertz CT molecular complexity index is 494. The maximum absolute atomic E-state index is 12.3. The number of carbonyl (C=O) groups is 2. The highest BCUT2D eigenvalue weighted by molar-refractivity contribution is 5.76. The quantitative estimate of drug-likeness (QED) is 0.865. The fourth-order valence-corrected chi connectivity index (χ4v) is 2.28. The standard InChI is InChI=1S/C14H19N3O4/c1-10(11-3-2-4-15-8-11)16-14(20)17-5-6-21-9-12(17)7-13(18)19/h2-4,8,10,12H,5-7,9H2,1H3,(H,16,20)(H,18,19). The first-order chi connectivity index (χ1) is 10.1. The SMILES string of the molecule is CC(NC(=O)N1CCOCC1CC(=O)O)c1cccnc1. The summed E-state index contributed by atoms with van der Waals surface area (Å²) in [6.07, 6.45) is 3.25. The average Bonchev–Trinajstić information content (AvgIpc) is 2.48. The van der Waals surface area contributed by atoms with Crippen LogP contribution in [0.5, 0.6) is 0 Å². The molecule has 114 valence electrons. The number of hydrogen-bond donors (Lipinski definition) is 2. The zero-order chi connectivity index (χ0) is 15.2. The number of aliphatic carboxylic acids is 1. The maximum atomic E-state index is 12.3. The van der Waals surface area contributed by atoms with E-state index in [1.807, 2.05) is 13.0 Å². The van der Waals surface area contributed by atoms with Crippen LogP contribution in [0.15, 0.2) is 24.5 Å². The minimum absolute atomic E-state index is 0.116. The van der Waals surface area contributed by atoms with Crippen molar-refractivity contribution in [3.05, 3.63) is 30.1 Å². The van der Waals surface area contributed by atoms with Crippen molar-refractivity contribution >= 4 is 12.0 Å². The molecule has 0 saturated carbocycles. The summed E-state index contributed by atoms with van der Waals surface area (Å²) in [5, 5.41) is 11.8. The normalized spacial score (nSPS) is 19.9. The summed E-state index contributed by atoms with van der Waals surface area (Å²) < 4.78 is 5.26. The van der Waals surface area contributed by atoms with Crippen molar-refractivity contribution in [2.45, 2.75) is 25.4 Å². The number of amides is 2. The number of carboxylic acids is 1. The molecule has 2 atom stereocenters. The number of ether oxygens (including phenoxy) is 1. The molecule has 0 aliphatic carbocycles. The monoisotopic (exact) mass is 293 g/mol. The van der Waals surface area contributed by atoms with Crippen LogP contribution in [0.3, 0.4) is 0 Å². The number of urea groups is 1. The van der Waals surface area contributed by atoms with Gasteiger partial charge >= 0.3 is 12.0 Å². The number of hydrogen-bond acceptors (Lipinski definition) is 4. The summed E-state index contributed by atoms with van der Waals surface area (Å²) in [6, 6.07) is 2.78. The molecule has 21 heavy (non-hydrogen) atoms. The zero-order valence-corrected chi connectivity index (χ0v) is 11.9. The second-order valence-corrected chi connectivity index (χ2v) is 4.98. The Morgan fingerprint density at radius 2 is 2.43 bits per heavy atom. The van der Waals surface area contributed by atoms with Crippen LogP contribution in [0, 0.1) is 0 Å². The molecule has 1 aliphatic heterocycles. The first-order valence-electron chi connectivity index (χ1n) is 6.84. The average molecular weight is 293 g/mol. The first-order valence-corrected chi connectivity index (χ1v) is 6.84. The van der Waals surface area contributed by atoms with Gasteiger partial charge in [-0.3, -0.25) is 9.78 Å². The predicted octanol–water partition coefficient (Wildman–Crippen LogP) is 1.03. The molecular formula is C14H19N3O4. The number of morpholine rings is 1. The fourth-order valence-electron chi connectivity index (χ4n) is 2.28. The second-order valence-electron chi connectivity index (χ2n) is 4.98. The van der Waals surface area contributed by atoms with Gasteiger partial charge in [0.1, 0.15) is 0 Å². The minimum atomic E-state index is -0.941. The van der Waals surface area contributed by atoms with Gasteiger partial charge in [0.25, 0.3) is 0 Å². The Balaban J connectivity index is 1.98. The van der Waals surface area contributed by atoms with Crippen LogP contribution >= 0.6 is 0 Å². The van der Waals surface area contributed by atoms with E-state index in [1.165, 1.54) is 4.90 Å². The third-order valence-electron chi connectivity index (χ3n) is 3.42. The molecule has 2 N–H and O–H groups in total. The van der Waals surface area contributed by atoms with E-state index >= 15 is 0 Å². The molecule has 0 aromatic carbocycles. The van der Waals surface area contributed by atoms with Gasteiger partial charge in [-0.2, -0.15) is 0 Å². The number of nitrogens with one attached hydrogen (secondary N) is 1. The summed E-state index contributed by atoms with van der Waals surface area (Å²) in [7, 11) is 0. The van der Waals surface area contributed by atoms with Gasteiger partial charge in [-0.25, -0.2) is 4.79 Å². The molecule has 0 radical (unpaired) electrons. The number of aromatic nitrogens is 1. The van der Waals surface area contributed by atoms with Gasteiger partial charge in [-0.05, 0) is 18.6 Å². The first kappa shape index (κ1) is 15.2. The molecule has 2 amide bonds. The molecule has 0 bridgehead atoms. The summed E-state index contributed by atoms with van der Waals surface area (Å²) >= 11 is 0. The van der Waals surface area contributed by atoms with Crippen molar-refractivity contribution in [2.75, 3.05) is 19.8 Å². The number of rotatable bonds is 4. The third kappa shape index (κ3) is 4.16. The molecule has 1 aromatic rings. The van der Waals surface area contributed by atoms with Crippen molar-refractivity contribution in [1.82, 2.24) is 15.2 Å². The number of pyridine rings is 1. The van der Waals surface area contributed by atoms with Crippen molar-refractivity contribution in [3.63, 3.8) is 0 Å². The van der Waals surface area contributed by atoms with Gasteiger partial charge in [0, 0.05) is 18.9 Å². The van der Waals surface area contributed by atoms with E-state index in [4.69, 9.17) is 9.84 Å². The van der Waals surface area contributed by atoms with E-state index in [9.17, 15) is 9.59 Å². The fraction of sp³-hybridized carbons (Fsp3) is 0.500. The van der Waals surface area contributed by atoms with Gasteiger partial charge in [-0.15, -0.1) is 0 Å². The van der Waals surface area contributed by atoms with Crippen molar-refractivity contribution < 1.29 is 19.4 Å². The van der Waals surface area contributed by atoms with E-state index in [0.717, 1.165) is 5.56 Å². The van der Waals surface area contributed by atoms with Crippen molar-refractivity contribution in [2.24, 2.45) is 0 Å². The highest BCUT2D eigenvalue weighted by atomic mass is 16.5. The van der Waals surface area contributed by atoms with E-state index in [-0.39, 0.29) is 25.1 Å². The lowest BCUT2D eigenvalue weighted by atomic mass is 10.1. The molecule has 0 spiro atoms. The van der Waals surface area contributed by atoms with Crippen LogP contribution in [0.25, 0.3) is 0 Å². The molecule has 1 aliphatic rings. The van der Waals surface area contributed by atoms with Crippen LogP contribution < -0.4 is 5.32 Å². The van der Waals surface area contributed by atoms with E-state index < -0.39 is 12.0 Å². The summed E-state index contributed by atoms with van der Waals surface area (Å²) in [4.78, 5) is 28.7. The van der Waals surface area contributed by atoms with Crippen molar-refractivity contribution in [3.8, 4) is 0 Å². The molecule has 2 rings (SSSR count). The number of carboxylic acid groups (broad SMARTS) is 1. The van der Waals surface area contributed by atoms with Crippen molar-refractivity contribution in [1.29, 1.82) is 0 Å². The van der Waals surface area contributed by atoms with Gasteiger partial charge in [0.05, 0.1) is 31.7 Å². The topological polar surface area (TPSA) is 91.8 Å². The molecule has 1 fully saturated rings. The van der Waals surface area contributed by atoms with Crippen LogP contribution in [0.1, 0.15) is 24.9 Å². The lowest BCUT2D eigenvalue weighted by molar-refractivity contribution is -0.139. The Morgan fingerprint density at radius 3 is 3.10 bits per heavy atom. The van der Waals surface area contributed by atoms with Gasteiger partial charge < -0.3 is 20.1 Å². The molecule has 1 aromatic heterocycles. The van der Waals surface area contributed by atoms with Gasteiger partial charge in [0.2, 0.25) is 0 Å². The third-order valence-corrected chi connectivity index (χ3v) is 3.42. The number of carbonyl (C=O) groups excluding carboxylic acids is 1. The van der Waals surface area contributed by atoms with Crippen LogP contribution in [0.4, 0.5) is 4.79 Å².